The fourth-order valence-electron chi connectivity index (χ4n) is 1.64. The molecule has 2 aromatic carbocycles. The molecule has 7 heteroatoms. The molecular weight excluding hydrogens is 276 g/mol. The van der Waals surface area contributed by atoms with E-state index in [0.29, 0.717) is 5.56 Å². The minimum Gasteiger partial charge on any atom is -0.478 e. The number of carboxylic acids is 1. The first-order chi connectivity index (χ1) is 10.0. The molecule has 0 amide bonds. The Kier molecular flexibility index (Phi) is 3.81. The molecule has 2 aromatic rings. The van der Waals surface area contributed by atoms with Crippen LogP contribution in [0.15, 0.2) is 42.5 Å². The average molecular weight is 284 g/mol. The first kappa shape index (κ1) is 14.0. The van der Waals surface area contributed by atoms with Gasteiger partial charge in [0.05, 0.1) is 16.6 Å². The summed E-state index contributed by atoms with van der Waals surface area (Å²) in [7, 11) is 0. The van der Waals surface area contributed by atoms with E-state index in [4.69, 9.17) is 15.1 Å². The van der Waals surface area contributed by atoms with Crippen molar-refractivity contribution in [3.63, 3.8) is 0 Å². The van der Waals surface area contributed by atoms with Gasteiger partial charge in [-0.15, -0.1) is 0 Å². The van der Waals surface area contributed by atoms with Gasteiger partial charge in [-0.2, -0.15) is 5.26 Å². The zero-order valence-corrected chi connectivity index (χ0v) is 10.5. The highest BCUT2D eigenvalue weighted by Crippen LogP contribution is 2.29. The van der Waals surface area contributed by atoms with Gasteiger partial charge < -0.3 is 9.84 Å². The van der Waals surface area contributed by atoms with E-state index in [1.807, 2.05) is 6.07 Å². The largest absolute Gasteiger partial charge is 0.478 e. The third-order valence-corrected chi connectivity index (χ3v) is 2.60. The number of carboxylic acid groups (broad SMARTS) is 1. The van der Waals surface area contributed by atoms with E-state index in [9.17, 15) is 14.9 Å². The van der Waals surface area contributed by atoms with Crippen LogP contribution in [-0.4, -0.2) is 16.0 Å². The molecule has 2 rings (SSSR count). The Morgan fingerprint density at radius 3 is 2.67 bits per heavy atom. The molecule has 0 saturated heterocycles. The predicted molar refractivity (Wildman–Crippen MR) is 71.3 cm³/mol. The first-order valence-corrected chi connectivity index (χ1v) is 5.71. The number of hydrogen-bond donors (Lipinski definition) is 1. The molecule has 0 fully saturated rings. The van der Waals surface area contributed by atoms with Crippen molar-refractivity contribution in [2.24, 2.45) is 0 Å². The van der Waals surface area contributed by atoms with E-state index in [0.717, 1.165) is 12.1 Å². The molecule has 0 aliphatic carbocycles. The monoisotopic (exact) mass is 284 g/mol. The zero-order chi connectivity index (χ0) is 15.4. The number of hydrogen-bond acceptors (Lipinski definition) is 5. The van der Waals surface area contributed by atoms with Crippen LogP contribution in [0.2, 0.25) is 0 Å². The van der Waals surface area contributed by atoms with Crippen LogP contribution >= 0.6 is 0 Å². The van der Waals surface area contributed by atoms with Gasteiger partial charge in [-0.3, -0.25) is 10.1 Å². The lowest BCUT2D eigenvalue weighted by Gasteiger charge is -2.08. The minimum atomic E-state index is -1.34. The van der Waals surface area contributed by atoms with Gasteiger partial charge in [-0.25, -0.2) is 4.79 Å². The third-order valence-electron chi connectivity index (χ3n) is 2.60. The summed E-state index contributed by atoms with van der Waals surface area (Å²) in [5.41, 5.74) is -0.316. The topological polar surface area (TPSA) is 113 Å². The summed E-state index contributed by atoms with van der Waals surface area (Å²) in [5, 5.41) is 28.6. The van der Waals surface area contributed by atoms with Crippen LogP contribution in [0.25, 0.3) is 0 Å². The minimum absolute atomic E-state index is 0.0387. The maximum Gasteiger partial charge on any atom is 0.339 e. The zero-order valence-electron chi connectivity index (χ0n) is 10.5. The molecule has 1 N–H and O–H groups in total. The lowest BCUT2D eigenvalue weighted by Crippen LogP contribution is -2.01. The molecule has 7 nitrogen and oxygen atoms in total. The highest BCUT2D eigenvalue weighted by molar-refractivity contribution is 5.91. The van der Waals surface area contributed by atoms with Crippen LogP contribution in [0.4, 0.5) is 5.69 Å². The smallest absolute Gasteiger partial charge is 0.339 e. The lowest BCUT2D eigenvalue weighted by atomic mass is 10.1. The van der Waals surface area contributed by atoms with Gasteiger partial charge >= 0.3 is 5.97 Å². The second-order valence-corrected chi connectivity index (χ2v) is 3.98. The van der Waals surface area contributed by atoms with E-state index in [1.165, 1.54) is 12.1 Å². The Bertz CT molecular complexity index is 764. The van der Waals surface area contributed by atoms with E-state index in [-0.39, 0.29) is 22.7 Å². The second kappa shape index (κ2) is 5.71. The van der Waals surface area contributed by atoms with E-state index < -0.39 is 10.9 Å². The van der Waals surface area contributed by atoms with Crippen LogP contribution in [0.5, 0.6) is 11.5 Å². The highest BCUT2D eigenvalue weighted by Gasteiger charge is 2.17. The highest BCUT2D eigenvalue weighted by atomic mass is 16.6. The molecule has 0 aliphatic heterocycles. The first-order valence-electron chi connectivity index (χ1n) is 5.71. The number of nitriles is 1. The number of rotatable bonds is 4. The normalized spacial score (nSPS) is 9.67. The van der Waals surface area contributed by atoms with Gasteiger partial charge in [0.15, 0.2) is 0 Å². The number of ether oxygens (including phenoxy) is 1. The van der Waals surface area contributed by atoms with Gasteiger partial charge in [0.2, 0.25) is 0 Å². The Hall–Kier alpha value is -3.40. The van der Waals surface area contributed by atoms with E-state index >= 15 is 0 Å². The van der Waals surface area contributed by atoms with Crippen molar-refractivity contribution >= 4 is 11.7 Å². The van der Waals surface area contributed by atoms with Crippen LogP contribution in [0, 0.1) is 21.4 Å². The SMILES string of the molecule is N#Cc1cccc(Oc2ccc([N+](=O)[O-])cc2C(=O)O)c1. The van der Waals surface area contributed by atoms with Crippen LogP contribution in [-0.2, 0) is 0 Å². The molecule has 21 heavy (non-hydrogen) atoms. The Balaban J connectivity index is 2.41. The van der Waals surface area contributed by atoms with Crippen molar-refractivity contribution in [2.75, 3.05) is 0 Å². The van der Waals surface area contributed by atoms with Crippen molar-refractivity contribution in [3.05, 3.63) is 63.7 Å². The van der Waals surface area contributed by atoms with Gasteiger partial charge in [0.1, 0.15) is 17.1 Å². The van der Waals surface area contributed by atoms with Crippen molar-refractivity contribution < 1.29 is 19.6 Å². The predicted octanol–water partition coefficient (Wildman–Crippen LogP) is 2.96. The third kappa shape index (κ3) is 3.13. The Morgan fingerprint density at radius 1 is 1.29 bits per heavy atom. The number of carbonyl (C=O) groups is 1. The summed E-state index contributed by atoms with van der Waals surface area (Å²) < 4.78 is 5.39. The number of nitro benzene ring substituents is 1. The van der Waals surface area contributed by atoms with Gasteiger partial charge in [0.25, 0.3) is 5.69 Å². The van der Waals surface area contributed by atoms with Gasteiger partial charge in [-0.1, -0.05) is 6.07 Å². The summed E-state index contributed by atoms with van der Waals surface area (Å²) >= 11 is 0. The molecule has 0 saturated carbocycles. The van der Waals surface area contributed by atoms with Crippen LogP contribution in [0.3, 0.4) is 0 Å². The van der Waals surface area contributed by atoms with E-state index in [1.54, 1.807) is 18.2 Å². The summed E-state index contributed by atoms with van der Waals surface area (Å²) in [4.78, 5) is 21.1. The summed E-state index contributed by atoms with van der Waals surface area (Å²) in [6.07, 6.45) is 0. The van der Waals surface area contributed by atoms with Crippen LogP contribution < -0.4 is 4.74 Å². The fourth-order valence-corrected chi connectivity index (χ4v) is 1.64. The number of nitrogens with zero attached hydrogens (tertiary/aromatic N) is 2. The number of non-ortho nitro benzene ring substituents is 1. The quantitative estimate of drug-likeness (QED) is 0.682. The number of nitro groups is 1. The molecule has 0 unspecified atom stereocenters. The molecular formula is C14H8N2O5. The molecule has 0 atom stereocenters. The summed E-state index contributed by atoms with van der Waals surface area (Å²) in [6, 6.07) is 11.3. The molecule has 0 heterocycles. The Morgan fingerprint density at radius 2 is 2.05 bits per heavy atom. The number of benzene rings is 2. The van der Waals surface area contributed by atoms with Gasteiger partial charge in [-0.05, 0) is 24.3 Å². The fraction of sp³-hybridized carbons (Fsp3) is 0. The number of aromatic carboxylic acids is 1. The molecule has 0 radical (unpaired) electrons. The Labute approximate surface area is 118 Å². The van der Waals surface area contributed by atoms with Crippen molar-refractivity contribution in [1.29, 1.82) is 5.26 Å². The molecule has 104 valence electrons. The standard InChI is InChI=1S/C14H8N2O5/c15-8-9-2-1-3-11(6-9)21-13-5-4-10(16(19)20)7-12(13)14(17)18/h1-7H,(H,17,18). The summed E-state index contributed by atoms with van der Waals surface area (Å²) in [6.45, 7) is 0. The van der Waals surface area contributed by atoms with Crippen molar-refractivity contribution in [1.82, 2.24) is 0 Å². The van der Waals surface area contributed by atoms with Crippen molar-refractivity contribution in [2.45, 2.75) is 0 Å². The maximum absolute atomic E-state index is 11.2. The lowest BCUT2D eigenvalue weighted by molar-refractivity contribution is -0.384. The van der Waals surface area contributed by atoms with Gasteiger partial charge in [0, 0.05) is 12.1 Å². The molecule has 0 spiro atoms. The molecule has 0 aliphatic rings. The average Bonchev–Trinajstić information content (AvgIpc) is 2.47. The van der Waals surface area contributed by atoms with Crippen LogP contribution in [0.1, 0.15) is 15.9 Å². The van der Waals surface area contributed by atoms with Crippen molar-refractivity contribution in [3.8, 4) is 17.6 Å². The molecule has 0 bridgehead atoms. The molecule has 0 aromatic heterocycles. The summed E-state index contributed by atoms with van der Waals surface area (Å²) in [5.74, 6) is -1.11. The second-order valence-electron chi connectivity index (χ2n) is 3.98. The van der Waals surface area contributed by atoms with E-state index in [2.05, 4.69) is 0 Å². The maximum atomic E-state index is 11.2.